The number of carbonyl (C=O) groups excluding carboxylic acids is 16. The molecule has 0 bridgehead atoms. The van der Waals surface area contributed by atoms with Gasteiger partial charge in [-0.2, -0.15) is 0 Å². The van der Waals surface area contributed by atoms with Crippen LogP contribution < -0.4 is 85.9 Å². The number of H-pyrrole nitrogens is 2. The predicted octanol–water partition coefficient (Wildman–Crippen LogP) is -5.32. The van der Waals surface area contributed by atoms with Gasteiger partial charge in [-0.3, -0.25) is 91.7 Å². The van der Waals surface area contributed by atoms with Crippen LogP contribution in [0.15, 0.2) is 97.6 Å². The zero-order chi connectivity index (χ0) is 93.8. The smallest absolute Gasteiger partial charge is 0.305 e. The van der Waals surface area contributed by atoms with E-state index in [4.69, 9.17) is 28.0 Å². The third kappa shape index (κ3) is 32.7. The van der Waals surface area contributed by atoms with Gasteiger partial charge in [0.2, 0.25) is 94.5 Å². The lowest BCUT2D eigenvalue weighted by Crippen LogP contribution is -2.61. The largest absolute Gasteiger partial charge is 0.508 e. The van der Waals surface area contributed by atoms with E-state index >= 15 is 4.79 Å². The summed E-state index contributed by atoms with van der Waals surface area (Å²) in [5.41, 5.74) is 12.9. The van der Waals surface area contributed by atoms with E-state index in [2.05, 4.69) is 95.3 Å². The van der Waals surface area contributed by atoms with E-state index in [0.717, 1.165) is 9.80 Å². The maximum atomic E-state index is 15.0. The van der Waals surface area contributed by atoms with Crippen molar-refractivity contribution in [2.45, 2.75) is 171 Å². The molecule has 12 atom stereocenters. The number of nitrogens with two attached hydrogens (primary N) is 2. The summed E-state index contributed by atoms with van der Waals surface area (Å²) in [5.74, 6) is -20.7. The van der Waals surface area contributed by atoms with E-state index in [9.17, 15) is 96.8 Å². The van der Waals surface area contributed by atoms with Gasteiger partial charge >= 0.3 is 11.9 Å². The highest BCUT2D eigenvalue weighted by atomic mass is 32.2. The Balaban J connectivity index is 1.27. The first-order chi connectivity index (χ1) is 60.9. The van der Waals surface area contributed by atoms with E-state index in [1.807, 2.05) is 0 Å². The van der Waals surface area contributed by atoms with Crippen molar-refractivity contribution >= 4 is 135 Å². The number of phenolic OH excluding ortho intramolecular Hbond substituents is 1. The van der Waals surface area contributed by atoms with Crippen LogP contribution in [0.4, 0.5) is 0 Å². The molecule has 2 saturated heterocycles. The molecule has 3 aromatic carbocycles. The molecule has 16 amide bonds. The molecule has 0 unspecified atom stereocenters. The van der Waals surface area contributed by atoms with Gasteiger partial charge in [0.05, 0.1) is 56.9 Å². The number of nitrogens with one attached hydrogen (secondary N) is 17. The number of imidazole rings is 1. The SMILES string of the molecule is C#CCOC[C@@H]1NC(=O)[C@H](Cc2ccc(O)cc2)NC(=O)[C@H](CCCNC(=N)N)NC(=O)[C@H](Cc2c[nH]cn2)NC(=O)[C@H](CC(C)C)NC(=O)CN(C)C(=O)[C@H](C(C)C)NC(=O)[C@H](CC(=O)O)NC(=O)[C@@H]2CCCN2C(=O)[C@H](Cc2ccccc2)NC(=O)CSC[C@@H](C(=O)NCC(N)=O)NC(=O)[C@H](CC(=O)O)NC(=O)[C@H](Cc2c[nH]c3ccccc23)NC(=O)CNC1=O. The number of ether oxygens (including phenoxy) is 1. The number of guanidine groups is 1. The number of likely N-dealkylation sites (N-methyl/N-ethyl adjacent to an activating group) is 1. The molecule has 0 radical (unpaired) electrons. The number of para-hydroxylation sites is 1. The van der Waals surface area contributed by atoms with E-state index in [0.29, 0.717) is 39.4 Å². The lowest BCUT2D eigenvalue weighted by molar-refractivity contribution is -0.144. The Kier molecular flexibility index (Phi) is 39.5. The number of nitrogens with zero attached hydrogens (tertiary/aromatic N) is 3. The van der Waals surface area contributed by atoms with E-state index in [-0.39, 0.29) is 75.4 Å². The maximum Gasteiger partial charge on any atom is 0.305 e. The number of phenols is 1. The topological polar surface area (TPSA) is 672 Å². The van der Waals surface area contributed by atoms with Crippen LogP contribution in [0, 0.1) is 29.6 Å². The van der Waals surface area contributed by atoms with Crippen LogP contribution in [0.1, 0.15) is 95.0 Å². The summed E-state index contributed by atoms with van der Waals surface area (Å²) in [6.45, 7) is 2.63. The lowest BCUT2D eigenvalue weighted by Gasteiger charge is -2.31. The van der Waals surface area contributed by atoms with Gasteiger partial charge in [-0.05, 0) is 78.8 Å². The molecular weight excluding hydrogens is 1690 g/mol. The summed E-state index contributed by atoms with van der Waals surface area (Å²) in [4.78, 5) is 267. The molecule has 0 saturated carbocycles. The van der Waals surface area contributed by atoms with Gasteiger partial charge in [0.1, 0.15) is 84.9 Å². The molecule has 128 heavy (non-hydrogen) atoms. The van der Waals surface area contributed by atoms with Gasteiger partial charge in [0.25, 0.3) is 0 Å². The summed E-state index contributed by atoms with van der Waals surface area (Å²) in [7, 11) is 1.20. The quantitative estimate of drug-likeness (QED) is 0.0112. The fourth-order valence-corrected chi connectivity index (χ4v) is 14.7. The third-order valence-corrected chi connectivity index (χ3v) is 21.3. The Morgan fingerprint density at radius 3 is 1.80 bits per heavy atom. The van der Waals surface area contributed by atoms with Crippen molar-refractivity contribution < 1.29 is 106 Å². The molecule has 0 spiro atoms. The molecule has 0 aliphatic carbocycles. The number of terminal acetylenes is 1. The second-order valence-corrected chi connectivity index (χ2v) is 32.3. The monoisotopic (exact) mass is 1800 g/mol. The van der Waals surface area contributed by atoms with Crippen LogP contribution in [-0.4, -0.2) is 289 Å². The van der Waals surface area contributed by atoms with Gasteiger partial charge in [0, 0.05) is 74.9 Å². The number of benzene rings is 3. The summed E-state index contributed by atoms with van der Waals surface area (Å²) < 4.78 is 5.53. The number of amides is 16. The Hall–Kier alpha value is -14.2. The van der Waals surface area contributed by atoms with E-state index in [1.165, 1.54) is 63.9 Å². The Morgan fingerprint density at radius 2 is 1.18 bits per heavy atom. The number of aromatic nitrogens is 3. The number of carboxylic acids is 2. The normalized spacial score (nSPS) is 22.9. The molecule has 24 N–H and O–H groups in total. The summed E-state index contributed by atoms with van der Waals surface area (Å²) in [6, 6.07) is 0.326. The number of aliphatic carboxylic acids is 2. The van der Waals surface area contributed by atoms with Crippen LogP contribution in [0.3, 0.4) is 0 Å². The number of hydrogen-bond acceptors (Lipinski definition) is 23. The predicted molar refractivity (Wildman–Crippen MR) is 460 cm³/mol. The first-order valence-electron chi connectivity index (χ1n) is 41.0. The van der Waals surface area contributed by atoms with Gasteiger partial charge < -0.3 is 126 Å². The zero-order valence-electron chi connectivity index (χ0n) is 71.0. The molecule has 4 heterocycles. The minimum absolute atomic E-state index is 0.0115. The van der Waals surface area contributed by atoms with Gasteiger partial charge in [-0.15, -0.1) is 18.2 Å². The molecule has 2 aliphatic heterocycles. The fourth-order valence-electron chi connectivity index (χ4n) is 13.8. The Labute approximate surface area is 739 Å². The van der Waals surface area contributed by atoms with Crippen molar-refractivity contribution in [3.05, 3.63) is 120 Å². The minimum atomic E-state index is -2.08. The highest BCUT2D eigenvalue weighted by Crippen LogP contribution is 2.24. The van der Waals surface area contributed by atoms with Gasteiger partial charge in [-0.25, -0.2) is 4.98 Å². The number of hydrogen-bond donors (Lipinski definition) is 22. The van der Waals surface area contributed by atoms with E-state index in [1.54, 1.807) is 68.4 Å². The van der Waals surface area contributed by atoms with Crippen molar-refractivity contribution in [2.24, 2.45) is 23.3 Å². The van der Waals surface area contributed by atoms with Crippen molar-refractivity contribution in [2.75, 3.05) is 64.5 Å². The van der Waals surface area contributed by atoms with Crippen molar-refractivity contribution in [1.82, 2.24) is 99.2 Å². The number of thioether (sulfide) groups is 1. The number of aromatic amines is 2. The molecule has 2 aromatic heterocycles. The first-order valence-corrected chi connectivity index (χ1v) is 42.2. The standard InChI is InChI=1S/C83H110N22O22S/c1-7-27-127-40-61-71(115)91-38-65(108)93-56(31-48-35-89-52-18-12-11-17-51(48)52)76(120)99-58(33-68(111)112)78(122)102-62(72(116)90-37-64(84)107)41-128-42-67(110)95-60(30-46-15-9-8-10-16-46)81(125)105-26-14-20-63(105)80(124)100-59(34-69(113)114)79(123)103-70(45(4)5)82(126)104(6)39-66(109)94-54(28-44(2)3)74(118)98-57(32-49-36-87-43-92-49)77(121)96-53(19-13-25-88-83(85)86)73(117)97-55(75(119)101-61)29-47-21-23-50(106)24-22-47/h1,8-12,15-18,21-24,35-36,43-45,53-63,70,89,106H,13-14,19-20,25-34,37-42H2,2-6H3,(H2,84,107)(H,87,92)(H,90,116)(H,91,115)(H,93,108)(H,94,109)(H,95,110)(H,96,121)(H,97,117)(H,98,118)(H,99,120)(H,100,124)(H,101,119)(H,102,122)(H,103,123)(H,111,112)(H,113,114)(H4,85,86,88)/t53-,54-,55-,56-,57-,58-,59-,60-,61-,62-,63-,70-/m0/s1. The maximum absolute atomic E-state index is 15.0. The molecule has 45 heteroatoms. The average Bonchev–Trinajstić information content (AvgIpc) is 1.63. The number of carbonyl (C=O) groups is 18. The Bertz CT molecular complexity index is 4830. The lowest BCUT2D eigenvalue weighted by atomic mass is 10.0. The molecule has 5 aromatic rings. The highest BCUT2D eigenvalue weighted by molar-refractivity contribution is 8.00. The van der Waals surface area contributed by atoms with Crippen LogP contribution in [-0.2, 0) is 117 Å². The summed E-state index contributed by atoms with van der Waals surface area (Å²) >= 11 is 0.685. The average molecular weight is 1800 g/mol. The molecule has 2 fully saturated rings. The molecule has 2 aliphatic rings. The summed E-state index contributed by atoms with van der Waals surface area (Å²) in [5, 5.41) is 73.9. The number of rotatable bonds is 25. The van der Waals surface area contributed by atoms with Gasteiger partial charge in [0.15, 0.2) is 5.96 Å². The number of carboxylic acid groups (broad SMARTS) is 2. The second-order valence-electron chi connectivity index (χ2n) is 31.2. The first kappa shape index (κ1) is 101. The third-order valence-electron chi connectivity index (χ3n) is 20.2. The fraction of sp³-hybridized carbons (Fsp3) is 0.470. The molecule has 690 valence electrons. The molecular formula is C83H110N22O22S. The Morgan fingerprint density at radius 1 is 0.617 bits per heavy atom. The minimum Gasteiger partial charge on any atom is -0.508 e. The zero-order valence-corrected chi connectivity index (χ0v) is 71.9. The highest BCUT2D eigenvalue weighted by Gasteiger charge is 2.42. The van der Waals surface area contributed by atoms with Crippen molar-refractivity contribution in [3.8, 4) is 18.1 Å². The number of primary amides is 1. The van der Waals surface area contributed by atoms with Gasteiger partial charge in [-0.1, -0.05) is 94.3 Å². The number of fused-ring (bicyclic) bond motifs is 2. The summed E-state index contributed by atoms with van der Waals surface area (Å²) in [6.07, 6.45) is 5.91. The van der Waals surface area contributed by atoms with E-state index < -0.39 is 261 Å². The van der Waals surface area contributed by atoms with Crippen LogP contribution in [0.2, 0.25) is 0 Å². The van der Waals surface area contributed by atoms with Crippen LogP contribution >= 0.6 is 11.8 Å². The molecule has 44 nitrogen and oxygen atoms in total. The van der Waals surface area contributed by atoms with Crippen LogP contribution in [0.5, 0.6) is 5.75 Å². The molecule has 7 rings (SSSR count). The second kappa shape index (κ2) is 50.1. The van der Waals surface area contributed by atoms with Crippen molar-refractivity contribution in [3.63, 3.8) is 0 Å². The number of aromatic hydroxyl groups is 1. The van der Waals surface area contributed by atoms with Crippen molar-refractivity contribution in [1.29, 1.82) is 5.41 Å². The van der Waals surface area contributed by atoms with Crippen LogP contribution in [0.25, 0.3) is 10.9 Å².